The molecule has 0 atom stereocenters. The van der Waals surface area contributed by atoms with Gasteiger partial charge in [0.2, 0.25) is 0 Å². The van der Waals surface area contributed by atoms with Crippen molar-refractivity contribution in [1.29, 1.82) is 0 Å². The number of nitrogens with zero attached hydrogens (tertiary/aromatic N) is 4. The summed E-state index contributed by atoms with van der Waals surface area (Å²) in [7, 11) is -3.84. The lowest BCUT2D eigenvalue weighted by molar-refractivity contribution is 0.603. The summed E-state index contributed by atoms with van der Waals surface area (Å²) in [6, 6.07) is 3.10. The van der Waals surface area contributed by atoms with Crippen molar-refractivity contribution in [2.45, 2.75) is 0 Å². The number of nitrogens with two attached hydrogens (primary N) is 1. The van der Waals surface area contributed by atoms with Gasteiger partial charge in [-0.1, -0.05) is 0 Å². The second kappa shape index (κ2) is 3.87. The third-order valence-electron chi connectivity index (χ3n) is 1.67. The van der Waals surface area contributed by atoms with E-state index in [9.17, 15) is 8.42 Å². The predicted octanol–water partition coefficient (Wildman–Crippen LogP) is -0.722. The molecule has 0 aromatic carbocycles. The molecule has 0 unspecified atom stereocenters. The number of hydrogen-bond donors (Lipinski definition) is 2. The van der Waals surface area contributed by atoms with E-state index in [0.29, 0.717) is 5.82 Å². The second-order valence-corrected chi connectivity index (χ2v) is 4.16. The third kappa shape index (κ3) is 2.32. The van der Waals surface area contributed by atoms with Gasteiger partial charge < -0.3 is 0 Å². The van der Waals surface area contributed by atoms with Crippen molar-refractivity contribution in [3.8, 4) is 5.82 Å². The van der Waals surface area contributed by atoms with Crippen LogP contribution in [0.15, 0.2) is 31.0 Å². The van der Waals surface area contributed by atoms with Gasteiger partial charge in [0.15, 0.2) is 5.82 Å². The fourth-order valence-electron chi connectivity index (χ4n) is 1.13. The monoisotopic (exact) mass is 240 g/mol. The fraction of sp³-hybridized carbons (Fsp3) is 0. The molecule has 8 nitrogen and oxygen atoms in total. The highest BCUT2D eigenvalue weighted by Crippen LogP contribution is 2.15. The topological polar surface area (TPSA) is 116 Å². The molecule has 0 bridgehead atoms. The maximum absolute atomic E-state index is 10.9. The maximum atomic E-state index is 10.9. The van der Waals surface area contributed by atoms with E-state index >= 15 is 0 Å². The first-order valence-electron chi connectivity index (χ1n) is 4.17. The Hall–Kier alpha value is -2.00. The molecule has 2 rings (SSSR count). The lowest BCUT2D eigenvalue weighted by atomic mass is 10.4. The Labute approximate surface area is 91.3 Å². The predicted molar refractivity (Wildman–Crippen MR) is 55.9 cm³/mol. The molecule has 9 heteroatoms. The molecule has 84 valence electrons. The van der Waals surface area contributed by atoms with E-state index in [1.54, 1.807) is 6.07 Å². The quantitative estimate of drug-likeness (QED) is 0.734. The van der Waals surface area contributed by atoms with Crippen LogP contribution in [0.2, 0.25) is 0 Å². The molecule has 2 aromatic rings. The van der Waals surface area contributed by atoms with Gasteiger partial charge in [0, 0.05) is 6.20 Å². The summed E-state index contributed by atoms with van der Waals surface area (Å²) < 4.78 is 25.3. The number of nitrogens with one attached hydrogen (secondary N) is 1. The van der Waals surface area contributed by atoms with Crippen molar-refractivity contribution in [3.63, 3.8) is 0 Å². The molecule has 0 saturated carbocycles. The van der Waals surface area contributed by atoms with Crippen LogP contribution in [0, 0.1) is 0 Å². The van der Waals surface area contributed by atoms with Crippen LogP contribution in [-0.2, 0) is 10.2 Å². The normalized spacial score (nSPS) is 11.3. The van der Waals surface area contributed by atoms with Crippen LogP contribution >= 0.6 is 0 Å². The van der Waals surface area contributed by atoms with Crippen molar-refractivity contribution >= 4 is 15.9 Å². The number of anilines is 1. The first kappa shape index (κ1) is 10.5. The largest absolute Gasteiger partial charge is 0.296 e. The van der Waals surface area contributed by atoms with Crippen molar-refractivity contribution in [3.05, 3.63) is 31.0 Å². The molecular formula is C7H8N6O2S. The lowest BCUT2D eigenvalue weighted by Crippen LogP contribution is -2.23. The Balaban J connectivity index is 2.47. The average Bonchev–Trinajstić information content (AvgIpc) is 2.69. The Kier molecular flexibility index (Phi) is 2.54. The summed E-state index contributed by atoms with van der Waals surface area (Å²) in [5.41, 5.74) is 0.232. The van der Waals surface area contributed by atoms with Gasteiger partial charge in [-0.25, -0.2) is 19.8 Å². The SMILES string of the molecule is NS(=O)(=O)Nc1cccnc1-n1cncn1. The summed E-state index contributed by atoms with van der Waals surface area (Å²) in [5.74, 6) is 0.300. The molecule has 0 aliphatic carbocycles. The van der Waals surface area contributed by atoms with Gasteiger partial charge in [0.1, 0.15) is 12.7 Å². The van der Waals surface area contributed by atoms with Crippen LogP contribution in [0.25, 0.3) is 5.82 Å². The summed E-state index contributed by atoms with van der Waals surface area (Å²) in [4.78, 5) is 7.72. The average molecular weight is 240 g/mol. The van der Waals surface area contributed by atoms with E-state index < -0.39 is 10.2 Å². The molecule has 0 spiro atoms. The van der Waals surface area contributed by atoms with E-state index in [4.69, 9.17) is 5.14 Å². The van der Waals surface area contributed by atoms with Crippen LogP contribution in [0.4, 0.5) is 5.69 Å². The first-order valence-corrected chi connectivity index (χ1v) is 5.71. The Morgan fingerprint density at radius 3 is 2.88 bits per heavy atom. The molecule has 2 heterocycles. The fourth-order valence-corrected chi connectivity index (χ4v) is 1.60. The van der Waals surface area contributed by atoms with Gasteiger partial charge in [-0.3, -0.25) is 4.72 Å². The molecular weight excluding hydrogens is 232 g/mol. The summed E-state index contributed by atoms with van der Waals surface area (Å²) in [6.07, 6.45) is 4.22. The van der Waals surface area contributed by atoms with Gasteiger partial charge in [-0.15, -0.1) is 0 Å². The second-order valence-electron chi connectivity index (χ2n) is 2.86. The zero-order valence-corrected chi connectivity index (χ0v) is 8.79. The van der Waals surface area contributed by atoms with Crippen molar-refractivity contribution in [1.82, 2.24) is 19.7 Å². The number of aromatic nitrogens is 4. The zero-order valence-electron chi connectivity index (χ0n) is 7.98. The standard InChI is InChI=1S/C7H8N6O2S/c8-16(14,15)12-6-2-1-3-10-7(6)13-5-9-4-11-13/h1-5,12H,(H2,8,14,15). The van der Waals surface area contributed by atoms with Gasteiger partial charge in [0.25, 0.3) is 10.2 Å². The molecule has 0 amide bonds. The molecule has 16 heavy (non-hydrogen) atoms. The Morgan fingerprint density at radius 2 is 2.25 bits per heavy atom. The van der Waals surface area contributed by atoms with Gasteiger partial charge in [-0.05, 0) is 12.1 Å². The van der Waals surface area contributed by atoms with Crippen LogP contribution in [0.1, 0.15) is 0 Å². The highest BCUT2D eigenvalue weighted by atomic mass is 32.2. The van der Waals surface area contributed by atoms with Crippen LogP contribution in [0.5, 0.6) is 0 Å². The van der Waals surface area contributed by atoms with Crippen LogP contribution in [-0.4, -0.2) is 28.2 Å². The zero-order chi connectivity index (χ0) is 11.6. The smallest absolute Gasteiger partial charge is 0.267 e. The Bertz CT molecular complexity index is 579. The molecule has 0 saturated heterocycles. The van der Waals surface area contributed by atoms with E-state index in [0.717, 1.165) is 0 Å². The summed E-state index contributed by atoms with van der Waals surface area (Å²) in [6.45, 7) is 0. The third-order valence-corrected chi connectivity index (χ3v) is 2.18. The van der Waals surface area contributed by atoms with E-state index in [1.165, 1.54) is 29.6 Å². The van der Waals surface area contributed by atoms with Crippen LogP contribution < -0.4 is 9.86 Å². The van der Waals surface area contributed by atoms with Gasteiger partial charge in [0.05, 0.1) is 5.69 Å². The van der Waals surface area contributed by atoms with Crippen molar-refractivity contribution in [2.24, 2.45) is 5.14 Å². The van der Waals surface area contributed by atoms with Gasteiger partial charge in [-0.2, -0.15) is 13.5 Å². The molecule has 0 radical (unpaired) electrons. The highest BCUT2D eigenvalue weighted by Gasteiger charge is 2.10. The van der Waals surface area contributed by atoms with E-state index in [2.05, 4.69) is 19.8 Å². The molecule has 2 aromatic heterocycles. The van der Waals surface area contributed by atoms with E-state index in [-0.39, 0.29) is 5.69 Å². The Morgan fingerprint density at radius 1 is 1.44 bits per heavy atom. The minimum atomic E-state index is -3.84. The minimum Gasteiger partial charge on any atom is -0.267 e. The number of hydrogen-bond acceptors (Lipinski definition) is 5. The van der Waals surface area contributed by atoms with E-state index in [1.807, 2.05) is 0 Å². The number of rotatable bonds is 3. The lowest BCUT2D eigenvalue weighted by Gasteiger charge is -2.07. The van der Waals surface area contributed by atoms with Gasteiger partial charge >= 0.3 is 0 Å². The number of pyridine rings is 1. The molecule has 0 fully saturated rings. The maximum Gasteiger partial charge on any atom is 0.296 e. The first-order chi connectivity index (χ1) is 7.56. The molecule has 0 aliphatic rings. The molecule has 0 aliphatic heterocycles. The minimum absolute atomic E-state index is 0.232. The highest BCUT2D eigenvalue weighted by molar-refractivity contribution is 7.90. The summed E-state index contributed by atoms with van der Waals surface area (Å²) >= 11 is 0. The van der Waals surface area contributed by atoms with Crippen molar-refractivity contribution in [2.75, 3.05) is 4.72 Å². The molecule has 3 N–H and O–H groups in total. The van der Waals surface area contributed by atoms with Crippen LogP contribution in [0.3, 0.4) is 0 Å². The summed E-state index contributed by atoms with van der Waals surface area (Å²) in [5, 5.41) is 8.72. The van der Waals surface area contributed by atoms with Crippen molar-refractivity contribution < 1.29 is 8.42 Å².